The first-order valence-corrected chi connectivity index (χ1v) is 5.22. The summed E-state index contributed by atoms with van der Waals surface area (Å²) < 4.78 is 0. The molecular weight excluding hydrogens is 242 g/mol. The van der Waals surface area contributed by atoms with Gasteiger partial charge in [0.05, 0.1) is 22.8 Å². The molecule has 1 amide bonds. The van der Waals surface area contributed by atoms with Crippen LogP contribution in [0.15, 0.2) is 24.5 Å². The van der Waals surface area contributed by atoms with Crippen LogP contribution >= 0.6 is 11.6 Å². The number of aromatic amines is 1. The first-order chi connectivity index (χ1) is 8.18. The zero-order chi connectivity index (χ0) is 12.3. The lowest BCUT2D eigenvalue weighted by molar-refractivity contribution is 0.0950. The van der Waals surface area contributed by atoms with Gasteiger partial charge >= 0.3 is 0 Å². The molecule has 2 rings (SSSR count). The molecular formula is C10H10ClN5O. The SMILES string of the molecule is Nc1cccc(C(=O)NCc2ncn[nH]2)c1Cl. The molecule has 0 radical (unpaired) electrons. The third-order valence-electron chi connectivity index (χ3n) is 2.15. The number of nitrogens with zero attached hydrogens (tertiary/aromatic N) is 2. The fraction of sp³-hybridized carbons (Fsp3) is 0.100. The van der Waals surface area contributed by atoms with Crippen LogP contribution in [-0.4, -0.2) is 21.1 Å². The number of aromatic nitrogens is 3. The molecule has 0 spiro atoms. The Hall–Kier alpha value is -2.08. The van der Waals surface area contributed by atoms with Gasteiger partial charge in [-0.2, -0.15) is 5.10 Å². The van der Waals surface area contributed by atoms with Crippen molar-refractivity contribution in [2.75, 3.05) is 5.73 Å². The van der Waals surface area contributed by atoms with E-state index in [0.717, 1.165) is 0 Å². The van der Waals surface area contributed by atoms with Crippen molar-refractivity contribution in [2.45, 2.75) is 6.54 Å². The number of carbonyl (C=O) groups excluding carboxylic acids is 1. The van der Waals surface area contributed by atoms with E-state index in [1.807, 2.05) is 0 Å². The quantitative estimate of drug-likeness (QED) is 0.708. The number of nitrogens with two attached hydrogens (primary N) is 1. The van der Waals surface area contributed by atoms with Gasteiger partial charge in [0.2, 0.25) is 0 Å². The van der Waals surface area contributed by atoms with Gasteiger partial charge in [0.1, 0.15) is 12.2 Å². The average molecular weight is 252 g/mol. The maximum atomic E-state index is 11.8. The van der Waals surface area contributed by atoms with Crippen LogP contribution in [0.3, 0.4) is 0 Å². The number of hydrogen-bond acceptors (Lipinski definition) is 4. The van der Waals surface area contributed by atoms with E-state index in [1.54, 1.807) is 18.2 Å². The number of amides is 1. The molecule has 0 aliphatic heterocycles. The fourth-order valence-electron chi connectivity index (χ4n) is 1.30. The Kier molecular flexibility index (Phi) is 3.24. The summed E-state index contributed by atoms with van der Waals surface area (Å²) in [4.78, 5) is 15.7. The maximum absolute atomic E-state index is 11.8. The highest BCUT2D eigenvalue weighted by atomic mass is 35.5. The largest absolute Gasteiger partial charge is 0.398 e. The topological polar surface area (TPSA) is 96.7 Å². The average Bonchev–Trinajstić information content (AvgIpc) is 2.82. The lowest BCUT2D eigenvalue weighted by atomic mass is 10.2. The van der Waals surface area contributed by atoms with E-state index >= 15 is 0 Å². The molecule has 0 saturated heterocycles. The van der Waals surface area contributed by atoms with Crippen LogP contribution in [0.2, 0.25) is 5.02 Å². The number of hydrogen-bond donors (Lipinski definition) is 3. The Morgan fingerprint density at radius 2 is 2.35 bits per heavy atom. The Bertz CT molecular complexity index is 525. The Morgan fingerprint density at radius 3 is 3.06 bits per heavy atom. The van der Waals surface area contributed by atoms with Gasteiger partial charge in [-0.1, -0.05) is 17.7 Å². The van der Waals surface area contributed by atoms with Crippen LogP contribution in [0.25, 0.3) is 0 Å². The van der Waals surface area contributed by atoms with E-state index in [1.165, 1.54) is 6.33 Å². The van der Waals surface area contributed by atoms with Crippen molar-refractivity contribution in [1.82, 2.24) is 20.5 Å². The first kappa shape index (κ1) is 11.4. The van der Waals surface area contributed by atoms with Crippen molar-refractivity contribution < 1.29 is 4.79 Å². The standard InChI is InChI=1S/C10H10ClN5O/c11-9-6(2-1-3-7(9)12)10(17)13-4-8-14-5-15-16-8/h1-3,5H,4,12H2,(H,13,17)(H,14,15,16). The smallest absolute Gasteiger partial charge is 0.253 e. The van der Waals surface area contributed by atoms with E-state index in [-0.39, 0.29) is 17.5 Å². The zero-order valence-electron chi connectivity index (χ0n) is 8.77. The van der Waals surface area contributed by atoms with Gasteiger partial charge in [-0.05, 0) is 12.1 Å². The summed E-state index contributed by atoms with van der Waals surface area (Å²) in [5.74, 6) is 0.261. The van der Waals surface area contributed by atoms with Crippen LogP contribution < -0.4 is 11.1 Å². The van der Waals surface area contributed by atoms with Gasteiger partial charge in [0, 0.05) is 0 Å². The molecule has 0 atom stereocenters. The number of H-pyrrole nitrogens is 1. The van der Waals surface area contributed by atoms with Crippen molar-refractivity contribution in [3.63, 3.8) is 0 Å². The number of anilines is 1. The van der Waals surface area contributed by atoms with Gasteiger partial charge < -0.3 is 11.1 Å². The summed E-state index contributed by atoms with van der Waals surface area (Å²) in [6.45, 7) is 0.254. The van der Waals surface area contributed by atoms with E-state index < -0.39 is 0 Å². The van der Waals surface area contributed by atoms with E-state index in [9.17, 15) is 4.79 Å². The molecule has 1 heterocycles. The van der Waals surface area contributed by atoms with Crippen molar-refractivity contribution in [1.29, 1.82) is 0 Å². The molecule has 1 aromatic heterocycles. The van der Waals surface area contributed by atoms with Gasteiger partial charge in [0.25, 0.3) is 5.91 Å². The van der Waals surface area contributed by atoms with E-state index in [0.29, 0.717) is 17.1 Å². The third-order valence-corrected chi connectivity index (χ3v) is 2.58. The second-order valence-electron chi connectivity index (χ2n) is 3.32. The Morgan fingerprint density at radius 1 is 1.53 bits per heavy atom. The number of carbonyl (C=O) groups is 1. The molecule has 4 N–H and O–H groups in total. The van der Waals surface area contributed by atoms with Crippen LogP contribution in [0.4, 0.5) is 5.69 Å². The normalized spacial score (nSPS) is 10.2. The molecule has 1 aromatic carbocycles. The van der Waals surface area contributed by atoms with Crippen LogP contribution in [0.1, 0.15) is 16.2 Å². The molecule has 17 heavy (non-hydrogen) atoms. The van der Waals surface area contributed by atoms with Crippen LogP contribution in [0.5, 0.6) is 0 Å². The minimum Gasteiger partial charge on any atom is -0.398 e. The zero-order valence-corrected chi connectivity index (χ0v) is 9.53. The third kappa shape index (κ3) is 2.54. The molecule has 6 nitrogen and oxygen atoms in total. The predicted molar refractivity (Wildman–Crippen MR) is 63.4 cm³/mol. The summed E-state index contributed by atoms with van der Waals surface area (Å²) in [7, 11) is 0. The highest BCUT2D eigenvalue weighted by Crippen LogP contribution is 2.22. The number of nitrogen functional groups attached to an aromatic ring is 1. The molecule has 0 aliphatic rings. The molecule has 88 valence electrons. The minimum absolute atomic E-state index is 0.252. The second kappa shape index (κ2) is 4.84. The maximum Gasteiger partial charge on any atom is 0.253 e. The van der Waals surface area contributed by atoms with Gasteiger partial charge in [-0.3, -0.25) is 9.89 Å². The molecule has 0 fully saturated rings. The number of rotatable bonds is 3. The monoisotopic (exact) mass is 251 g/mol. The van der Waals surface area contributed by atoms with Gasteiger partial charge in [0.15, 0.2) is 0 Å². The van der Waals surface area contributed by atoms with Crippen molar-refractivity contribution in [3.05, 3.63) is 40.9 Å². The summed E-state index contributed by atoms with van der Waals surface area (Å²) in [5, 5.41) is 9.22. The van der Waals surface area contributed by atoms with Gasteiger partial charge in [-0.25, -0.2) is 4.98 Å². The van der Waals surface area contributed by atoms with E-state index in [4.69, 9.17) is 17.3 Å². The van der Waals surface area contributed by atoms with Crippen LogP contribution in [0, 0.1) is 0 Å². The molecule has 2 aromatic rings. The van der Waals surface area contributed by atoms with Crippen molar-refractivity contribution in [2.24, 2.45) is 0 Å². The molecule has 7 heteroatoms. The summed E-state index contributed by atoms with van der Waals surface area (Å²) >= 11 is 5.93. The predicted octanol–water partition coefficient (Wildman–Crippen LogP) is 0.970. The highest BCUT2D eigenvalue weighted by Gasteiger charge is 2.11. The fourth-order valence-corrected chi connectivity index (χ4v) is 1.51. The summed E-state index contributed by atoms with van der Waals surface area (Å²) in [5.41, 5.74) is 6.32. The molecule has 0 bridgehead atoms. The number of halogens is 1. The molecule has 0 unspecified atom stereocenters. The van der Waals surface area contributed by atoms with Gasteiger partial charge in [-0.15, -0.1) is 0 Å². The molecule has 0 saturated carbocycles. The summed E-state index contributed by atoms with van der Waals surface area (Å²) in [6.07, 6.45) is 1.37. The second-order valence-corrected chi connectivity index (χ2v) is 3.70. The molecule has 0 aliphatic carbocycles. The van der Waals surface area contributed by atoms with Crippen LogP contribution in [-0.2, 0) is 6.54 Å². The Labute approximate surface area is 102 Å². The lowest BCUT2D eigenvalue weighted by Crippen LogP contribution is -2.23. The van der Waals surface area contributed by atoms with E-state index in [2.05, 4.69) is 20.5 Å². The summed E-state index contributed by atoms with van der Waals surface area (Å²) in [6, 6.07) is 4.91. The first-order valence-electron chi connectivity index (χ1n) is 4.85. The van der Waals surface area contributed by atoms with Crippen molar-refractivity contribution >= 4 is 23.2 Å². The van der Waals surface area contributed by atoms with Crippen molar-refractivity contribution in [3.8, 4) is 0 Å². The highest BCUT2D eigenvalue weighted by molar-refractivity contribution is 6.36. The Balaban J connectivity index is 2.07. The number of nitrogens with one attached hydrogen (secondary N) is 2. The minimum atomic E-state index is -0.307. The lowest BCUT2D eigenvalue weighted by Gasteiger charge is -2.06. The number of benzene rings is 1.